The van der Waals surface area contributed by atoms with Gasteiger partial charge >= 0.3 is 23.9 Å². The number of Topliss-reactive ketones (excluding diaryl/α,β-unsaturated/α-hetero) is 1. The lowest BCUT2D eigenvalue weighted by atomic mass is 9.96. The van der Waals surface area contributed by atoms with Crippen LogP contribution in [0.4, 0.5) is 0 Å². The number of esters is 4. The van der Waals surface area contributed by atoms with E-state index in [4.69, 9.17) is 37.9 Å². The number of rotatable bonds is 10. The van der Waals surface area contributed by atoms with Crippen molar-refractivity contribution in [2.45, 2.75) is 179 Å². The van der Waals surface area contributed by atoms with E-state index in [1.807, 2.05) is 6.07 Å². The Labute approximate surface area is 346 Å². The van der Waals surface area contributed by atoms with E-state index in [2.05, 4.69) is 6.92 Å². The van der Waals surface area contributed by atoms with Crippen LogP contribution in [0.15, 0.2) is 48.1 Å². The van der Waals surface area contributed by atoms with Gasteiger partial charge < -0.3 is 48.1 Å². The first kappa shape index (κ1) is 47.7. The van der Waals surface area contributed by atoms with Gasteiger partial charge in [-0.2, -0.15) is 0 Å². The van der Waals surface area contributed by atoms with E-state index in [0.717, 1.165) is 44.6 Å². The van der Waals surface area contributed by atoms with Crippen LogP contribution in [-0.2, 0) is 61.9 Å². The Bertz CT molecular complexity index is 1580. The minimum Gasteiger partial charge on any atom is -0.463 e. The number of carbonyl (C=O) groups is 5. The fourth-order valence-electron chi connectivity index (χ4n) is 7.17. The van der Waals surface area contributed by atoms with Crippen molar-refractivity contribution >= 4 is 35.7 Å². The summed E-state index contributed by atoms with van der Waals surface area (Å²) in [7, 11) is 0. The van der Waals surface area contributed by atoms with E-state index < -0.39 is 91.9 Å². The highest BCUT2D eigenvalue weighted by atomic mass is 16.8. The van der Waals surface area contributed by atoms with Crippen molar-refractivity contribution in [1.29, 1.82) is 0 Å². The van der Waals surface area contributed by atoms with Crippen molar-refractivity contribution in [1.82, 2.24) is 0 Å². The Morgan fingerprint density at radius 1 is 0.814 bits per heavy atom. The molecule has 0 saturated carbocycles. The Hall–Kier alpha value is -3.99. The number of fused-ring (bicyclic) bond motifs is 3. The number of hydrogen-bond acceptors (Lipinski definition) is 15. The van der Waals surface area contributed by atoms with Crippen molar-refractivity contribution in [3.63, 3.8) is 0 Å². The van der Waals surface area contributed by atoms with Crippen LogP contribution in [0.5, 0.6) is 0 Å². The van der Waals surface area contributed by atoms with Crippen LogP contribution < -0.4 is 0 Å². The number of cyclic esters (lactones) is 1. The predicted octanol–water partition coefficient (Wildman–Crippen LogP) is 5.21. The molecule has 3 saturated heterocycles. The zero-order valence-electron chi connectivity index (χ0n) is 34.9. The molecule has 1 aromatic rings. The molecule has 3 aliphatic heterocycles. The van der Waals surface area contributed by atoms with E-state index in [9.17, 15) is 34.2 Å². The predicted molar refractivity (Wildman–Crippen MR) is 212 cm³/mol. The Balaban J connectivity index is 1.74. The summed E-state index contributed by atoms with van der Waals surface area (Å²) in [5, 5.41) is 23.8. The molecule has 0 aliphatic carbocycles. The number of ketones is 1. The molecule has 0 spiro atoms. The maximum Gasteiger partial charge on any atom is 0.333 e. The quantitative estimate of drug-likeness (QED) is 0.135. The molecule has 11 atom stereocenters. The number of allylic oxidation sites excluding steroid dienone is 1. The molecule has 3 aliphatic rings. The molecule has 1 aromatic carbocycles. The molecule has 0 radical (unpaired) electrons. The van der Waals surface area contributed by atoms with E-state index >= 15 is 0 Å². The maximum atomic E-state index is 13.3. The molecule has 2 N–H and O–H groups in total. The van der Waals surface area contributed by atoms with Crippen LogP contribution in [0.3, 0.4) is 0 Å². The molecule has 328 valence electrons. The van der Waals surface area contributed by atoms with Crippen molar-refractivity contribution in [2.24, 2.45) is 0 Å². The third-order valence-electron chi connectivity index (χ3n) is 10.6. The normalized spacial score (nSPS) is 32.0. The first-order chi connectivity index (χ1) is 28.3. The minimum absolute atomic E-state index is 0.0312. The fraction of sp³-hybridized carbons (Fsp3) is 0.659. The lowest BCUT2D eigenvalue weighted by molar-refractivity contribution is -0.369. The number of hydrogen-bond donors (Lipinski definition) is 2. The van der Waals surface area contributed by atoms with E-state index in [1.165, 1.54) is 26.0 Å². The topological polar surface area (TPSA) is 200 Å². The van der Waals surface area contributed by atoms with Crippen LogP contribution in [0.2, 0.25) is 0 Å². The smallest absolute Gasteiger partial charge is 0.333 e. The molecule has 15 nitrogen and oxygen atoms in total. The molecule has 15 heteroatoms. The zero-order valence-corrected chi connectivity index (χ0v) is 34.9. The third kappa shape index (κ3) is 14.9. The highest BCUT2D eigenvalue weighted by Gasteiger charge is 2.55. The molecule has 3 heterocycles. The fourth-order valence-corrected chi connectivity index (χ4v) is 7.17. The largest absolute Gasteiger partial charge is 0.463 e. The van der Waals surface area contributed by atoms with Crippen LogP contribution >= 0.6 is 0 Å². The van der Waals surface area contributed by atoms with Gasteiger partial charge in [0, 0.05) is 31.4 Å². The molecule has 0 amide bonds. The summed E-state index contributed by atoms with van der Waals surface area (Å²) in [5.41, 5.74) is 0.863. The van der Waals surface area contributed by atoms with Crippen molar-refractivity contribution in [2.75, 3.05) is 6.61 Å². The summed E-state index contributed by atoms with van der Waals surface area (Å²) in [6.07, 6.45) is -3.43. The number of unbranched alkanes of at least 4 members (excludes halogenated alkanes) is 2. The molecule has 2 bridgehead atoms. The number of aliphatic hydroxyl groups excluding tert-OH is 2. The molecule has 4 rings (SSSR count). The van der Waals surface area contributed by atoms with Gasteiger partial charge in [-0.3, -0.25) is 14.4 Å². The lowest BCUT2D eigenvalue weighted by Gasteiger charge is -2.47. The van der Waals surface area contributed by atoms with Crippen LogP contribution in [0.1, 0.15) is 117 Å². The molecular weight excluding hydrogens is 768 g/mol. The summed E-state index contributed by atoms with van der Waals surface area (Å²) in [5.74, 6) is -3.23. The van der Waals surface area contributed by atoms with Gasteiger partial charge in [0.1, 0.15) is 36.8 Å². The van der Waals surface area contributed by atoms with Crippen LogP contribution in [0, 0.1) is 0 Å². The van der Waals surface area contributed by atoms with Gasteiger partial charge in [0.2, 0.25) is 0 Å². The number of ether oxygens (including phenoxy) is 8. The first-order valence-corrected chi connectivity index (χ1v) is 20.9. The third-order valence-corrected chi connectivity index (χ3v) is 10.6. The minimum atomic E-state index is -1.87. The highest BCUT2D eigenvalue weighted by molar-refractivity contribution is 5.88. The maximum absolute atomic E-state index is 13.3. The number of aliphatic hydroxyl groups is 2. The molecule has 0 aromatic heterocycles. The van der Waals surface area contributed by atoms with Gasteiger partial charge in [0.05, 0.1) is 18.6 Å². The van der Waals surface area contributed by atoms with Gasteiger partial charge in [-0.05, 0) is 51.7 Å². The average Bonchev–Trinajstić information content (AvgIpc) is 3.21. The summed E-state index contributed by atoms with van der Waals surface area (Å²) < 4.78 is 48.0. The Morgan fingerprint density at radius 3 is 2.27 bits per heavy atom. The summed E-state index contributed by atoms with van der Waals surface area (Å²) in [6, 6.07) is 8.92. The van der Waals surface area contributed by atoms with Gasteiger partial charge in [-0.1, -0.05) is 81.9 Å². The molecule has 59 heavy (non-hydrogen) atoms. The highest BCUT2D eigenvalue weighted by Crippen LogP contribution is 2.34. The van der Waals surface area contributed by atoms with Crippen molar-refractivity contribution in [3.05, 3.63) is 53.6 Å². The van der Waals surface area contributed by atoms with Crippen molar-refractivity contribution in [3.8, 4) is 0 Å². The Kier molecular flexibility index (Phi) is 19.6. The summed E-state index contributed by atoms with van der Waals surface area (Å²) >= 11 is 0. The second kappa shape index (κ2) is 24.3. The summed E-state index contributed by atoms with van der Waals surface area (Å²) in [4.78, 5) is 64.5. The zero-order chi connectivity index (χ0) is 42.9. The van der Waals surface area contributed by atoms with Gasteiger partial charge in [-0.25, -0.2) is 9.59 Å². The van der Waals surface area contributed by atoms with E-state index in [1.54, 1.807) is 38.1 Å². The second-order valence-corrected chi connectivity index (χ2v) is 15.3. The van der Waals surface area contributed by atoms with Gasteiger partial charge in [0.25, 0.3) is 0 Å². The van der Waals surface area contributed by atoms with Gasteiger partial charge in [-0.15, -0.1) is 0 Å². The summed E-state index contributed by atoms with van der Waals surface area (Å²) in [6.45, 7) is 7.45. The molecular formula is C44H62O15. The standard InChI is InChI=1S/C44H62O15/c1-6-8-12-20-32-21-16-10-9-15-19-31(46)23-25-34(47)52-26-33-39(57-35(48)24-22-30-17-13-11-14-18-30)40(58-42(51)27(3)7-2)37(50)43(56-33)59-41-36(49)38(54-29(5)45)28(4)53-44(41)55-32/h7,11,13-14,17-18,22,24,28,32-33,36-41,43-44,49-50H,6,8-10,12,15-16,19-21,23,25-26H2,1-5H3/b24-22+,27-7+/t28-,32?,33-,36+,37-,38+,39-,40-,41-,43+,44+/m1/s1. The number of carbonyl (C=O) groups excluding carboxylic acids is 5. The monoisotopic (exact) mass is 830 g/mol. The van der Waals surface area contributed by atoms with E-state index in [0.29, 0.717) is 31.2 Å². The molecule has 1 unspecified atom stereocenters. The van der Waals surface area contributed by atoms with Crippen LogP contribution in [0.25, 0.3) is 6.08 Å². The lowest BCUT2D eigenvalue weighted by Crippen LogP contribution is -2.65. The second-order valence-electron chi connectivity index (χ2n) is 15.3. The van der Waals surface area contributed by atoms with Gasteiger partial charge in [0.15, 0.2) is 30.9 Å². The van der Waals surface area contributed by atoms with E-state index in [-0.39, 0.29) is 30.3 Å². The Morgan fingerprint density at radius 2 is 1.56 bits per heavy atom. The molecule has 3 fully saturated rings. The number of benzene rings is 1. The SMILES string of the molecule is C/C=C(\C)C(=O)O[C@@H]1[C@@H](O)[C@@H]2O[C@H]3[C@H](OC(CCCCC)CCCCCCC(=O)CCC(=O)OC[C@@H](O2)[C@H]1OC(=O)/C=C/c1ccccc1)O[C@H](C)[C@H](OC(C)=O)[C@@H]3O. The average molecular weight is 831 g/mol. The first-order valence-electron chi connectivity index (χ1n) is 20.9. The van der Waals surface area contributed by atoms with Crippen molar-refractivity contribution < 1.29 is 72.1 Å². The van der Waals surface area contributed by atoms with Crippen LogP contribution in [-0.4, -0.2) is 114 Å².